The van der Waals surface area contributed by atoms with Crippen LogP contribution in [0.3, 0.4) is 0 Å². The molecule has 0 saturated heterocycles. The van der Waals surface area contributed by atoms with Crippen LogP contribution >= 0.6 is 0 Å². The molecule has 0 aliphatic rings. The van der Waals surface area contributed by atoms with Gasteiger partial charge in [0.15, 0.2) is 5.82 Å². The normalized spacial score (nSPS) is 12.7. The fourth-order valence-corrected chi connectivity index (χ4v) is 4.55. The molecule has 0 bridgehead atoms. The van der Waals surface area contributed by atoms with Gasteiger partial charge in [-0.15, -0.1) is 0 Å². The Morgan fingerprint density at radius 1 is 1.05 bits per heavy atom. The van der Waals surface area contributed by atoms with Crippen LogP contribution in [-0.2, 0) is 25.6 Å². The van der Waals surface area contributed by atoms with Crippen molar-refractivity contribution < 1.29 is 23.8 Å². The van der Waals surface area contributed by atoms with Gasteiger partial charge in [-0.2, -0.15) is 0 Å². The number of aromatic nitrogens is 3. The van der Waals surface area contributed by atoms with Crippen LogP contribution in [0, 0.1) is 5.92 Å². The fourth-order valence-electron chi connectivity index (χ4n) is 4.55. The maximum absolute atomic E-state index is 12.4. The zero-order chi connectivity index (χ0) is 30.0. The van der Waals surface area contributed by atoms with Crippen molar-refractivity contribution in [3.8, 4) is 0 Å². The summed E-state index contributed by atoms with van der Waals surface area (Å²) in [7, 11) is 0. The number of carbonyl (C=O) groups excluding carboxylic acids is 2. The number of nitrogens with zero attached hydrogens (tertiary/aromatic N) is 3. The fraction of sp³-hybridized carbons (Fsp3) is 0.600. The van der Waals surface area contributed by atoms with Crippen LogP contribution < -0.4 is 16.4 Å². The van der Waals surface area contributed by atoms with Crippen molar-refractivity contribution in [2.75, 3.05) is 32.0 Å². The molecule has 3 rings (SSSR count). The maximum Gasteiger partial charge on any atom is 0.407 e. The smallest absolute Gasteiger partial charge is 0.407 e. The molecule has 11 nitrogen and oxygen atoms in total. The van der Waals surface area contributed by atoms with Crippen molar-refractivity contribution in [2.45, 2.75) is 85.7 Å². The molecule has 0 spiro atoms. The van der Waals surface area contributed by atoms with Gasteiger partial charge in [-0.1, -0.05) is 38.5 Å². The van der Waals surface area contributed by atoms with Gasteiger partial charge < -0.3 is 30.6 Å². The van der Waals surface area contributed by atoms with Gasteiger partial charge in [-0.3, -0.25) is 9.36 Å². The van der Waals surface area contributed by atoms with E-state index < -0.39 is 11.7 Å². The number of alkyl carbamates (subject to hydrolysis) is 1. The highest BCUT2D eigenvalue weighted by molar-refractivity contribution is 6.06. The van der Waals surface area contributed by atoms with Crippen LogP contribution in [0.15, 0.2) is 24.3 Å². The molecule has 41 heavy (non-hydrogen) atoms. The van der Waals surface area contributed by atoms with E-state index in [2.05, 4.69) is 34.0 Å². The van der Waals surface area contributed by atoms with Gasteiger partial charge in [-0.05, 0) is 52.5 Å². The van der Waals surface area contributed by atoms with E-state index >= 15 is 0 Å². The third-order valence-corrected chi connectivity index (χ3v) is 6.35. The summed E-state index contributed by atoms with van der Waals surface area (Å²) >= 11 is 0. The molecule has 3 aromatic rings. The molecule has 0 saturated carbocycles. The third-order valence-electron chi connectivity index (χ3n) is 6.35. The van der Waals surface area contributed by atoms with Crippen LogP contribution in [0.25, 0.3) is 21.9 Å². The van der Waals surface area contributed by atoms with Gasteiger partial charge in [0.05, 0.1) is 17.6 Å². The second-order valence-corrected chi connectivity index (χ2v) is 11.3. The van der Waals surface area contributed by atoms with E-state index in [1.807, 2.05) is 52.0 Å². The molecule has 0 radical (unpaired) electrons. The average Bonchev–Trinajstić information content (AvgIpc) is 3.28. The highest BCUT2D eigenvalue weighted by Crippen LogP contribution is 2.34. The van der Waals surface area contributed by atoms with Gasteiger partial charge in [-0.25, -0.2) is 14.8 Å². The summed E-state index contributed by atoms with van der Waals surface area (Å²) in [5.41, 5.74) is 8.09. The molecular formula is C30H46N6O5. The number of carbonyl (C=O) groups is 2. The Labute approximate surface area is 242 Å². The minimum Gasteiger partial charge on any atom is -0.444 e. The molecular weight excluding hydrogens is 524 g/mol. The quantitative estimate of drug-likeness (QED) is 0.215. The zero-order valence-electron chi connectivity index (χ0n) is 25.3. The summed E-state index contributed by atoms with van der Waals surface area (Å²) in [6, 6.07) is 7.85. The summed E-state index contributed by atoms with van der Waals surface area (Å²) in [5.74, 6) is 1.16. The molecule has 1 aromatic carbocycles. The van der Waals surface area contributed by atoms with Crippen molar-refractivity contribution in [3.63, 3.8) is 0 Å². The van der Waals surface area contributed by atoms with E-state index in [4.69, 9.17) is 24.9 Å². The number of pyridine rings is 1. The number of benzene rings is 1. The molecule has 11 heteroatoms. The summed E-state index contributed by atoms with van der Waals surface area (Å²) in [6.07, 6.45) is 2.00. The lowest BCUT2D eigenvalue weighted by Crippen LogP contribution is -2.33. The number of nitrogens with one attached hydrogen (secondary N) is 2. The number of para-hydroxylation sites is 1. The van der Waals surface area contributed by atoms with Crippen molar-refractivity contribution in [1.29, 1.82) is 0 Å². The second kappa shape index (κ2) is 15.0. The van der Waals surface area contributed by atoms with E-state index in [1.165, 1.54) is 0 Å². The van der Waals surface area contributed by atoms with E-state index in [9.17, 15) is 9.59 Å². The van der Waals surface area contributed by atoms with Gasteiger partial charge in [0.25, 0.3) is 0 Å². The Morgan fingerprint density at radius 3 is 2.51 bits per heavy atom. The summed E-state index contributed by atoms with van der Waals surface area (Å²) < 4.78 is 19.4. The number of hydrogen-bond donors (Lipinski definition) is 3. The number of imidazole rings is 1. The maximum atomic E-state index is 12.4. The Balaban J connectivity index is 1.56. The largest absolute Gasteiger partial charge is 0.444 e. The Bertz CT molecular complexity index is 1300. The van der Waals surface area contributed by atoms with Gasteiger partial charge in [0.2, 0.25) is 5.91 Å². The summed E-state index contributed by atoms with van der Waals surface area (Å²) in [4.78, 5) is 33.4. The first kappa shape index (κ1) is 32.1. The first-order valence-corrected chi connectivity index (χ1v) is 14.5. The number of nitrogens with two attached hydrogens (primary N) is 1. The number of fused-ring (bicyclic) bond motifs is 3. The van der Waals surface area contributed by atoms with Gasteiger partial charge >= 0.3 is 6.09 Å². The van der Waals surface area contributed by atoms with E-state index in [1.54, 1.807) is 0 Å². The van der Waals surface area contributed by atoms with Crippen LogP contribution in [0.4, 0.5) is 10.6 Å². The minimum atomic E-state index is -0.515. The number of anilines is 1. The predicted octanol–water partition coefficient (Wildman–Crippen LogP) is 5.08. The molecule has 0 fully saturated rings. The molecule has 1 unspecified atom stereocenters. The molecule has 2 aromatic heterocycles. The van der Waals surface area contributed by atoms with Crippen molar-refractivity contribution >= 4 is 39.8 Å². The highest BCUT2D eigenvalue weighted by atomic mass is 16.6. The van der Waals surface area contributed by atoms with Crippen molar-refractivity contribution in [2.24, 2.45) is 5.92 Å². The van der Waals surface area contributed by atoms with Crippen molar-refractivity contribution in [3.05, 3.63) is 30.1 Å². The lowest BCUT2D eigenvalue weighted by molar-refractivity contribution is -0.121. The Hall–Kier alpha value is -3.44. The predicted molar refractivity (Wildman–Crippen MR) is 160 cm³/mol. The first-order chi connectivity index (χ1) is 19.5. The zero-order valence-corrected chi connectivity index (χ0v) is 25.3. The molecule has 2 amide bonds. The first-order valence-electron chi connectivity index (χ1n) is 14.5. The standard InChI is InChI=1S/C30H46N6O5/c1-7-39-19-23-35-25-26(21-13-10-11-14-22(21)34-27(25)31)36(23)28(20(2)3)40-18-17-32-24(37)15-9-8-12-16-33-29(38)41-30(4,5)6/h10-11,13-14,20,28H,7-9,12,15-19H2,1-6H3,(H2,31,34)(H,32,37)(H,33,38). The Morgan fingerprint density at radius 2 is 1.80 bits per heavy atom. The van der Waals surface area contributed by atoms with E-state index in [0.717, 1.165) is 41.5 Å². The van der Waals surface area contributed by atoms with Crippen LogP contribution in [-0.4, -0.2) is 58.4 Å². The number of rotatable bonds is 15. The van der Waals surface area contributed by atoms with Gasteiger partial charge in [0.1, 0.15) is 29.8 Å². The molecule has 4 N–H and O–H groups in total. The lowest BCUT2D eigenvalue weighted by atomic mass is 10.1. The second-order valence-electron chi connectivity index (χ2n) is 11.3. The highest BCUT2D eigenvalue weighted by Gasteiger charge is 2.26. The lowest BCUT2D eigenvalue weighted by Gasteiger charge is -2.26. The number of unbranched alkanes of at least 4 members (excludes halogenated alkanes) is 2. The molecule has 0 aliphatic heterocycles. The molecule has 2 heterocycles. The topological polar surface area (TPSA) is 143 Å². The monoisotopic (exact) mass is 570 g/mol. The average molecular weight is 571 g/mol. The SMILES string of the molecule is CCOCc1nc2c(N)nc3ccccc3c2n1C(OCCNC(=O)CCCCCNC(=O)OC(C)(C)C)C(C)C. The van der Waals surface area contributed by atoms with Crippen molar-refractivity contribution in [1.82, 2.24) is 25.2 Å². The van der Waals surface area contributed by atoms with E-state index in [0.29, 0.717) is 50.7 Å². The summed E-state index contributed by atoms with van der Waals surface area (Å²) in [5, 5.41) is 6.63. The molecule has 1 atom stereocenters. The van der Waals surface area contributed by atoms with E-state index in [-0.39, 0.29) is 18.1 Å². The number of ether oxygens (including phenoxy) is 3. The molecule has 226 valence electrons. The van der Waals surface area contributed by atoms with Crippen LogP contribution in [0.1, 0.15) is 79.3 Å². The number of amides is 2. The van der Waals surface area contributed by atoms with Gasteiger partial charge in [0, 0.05) is 31.5 Å². The minimum absolute atomic E-state index is 0.0234. The number of hydrogen-bond acceptors (Lipinski definition) is 8. The van der Waals surface area contributed by atoms with Crippen LogP contribution in [0.5, 0.6) is 0 Å². The number of nitrogen functional groups attached to an aromatic ring is 1. The van der Waals surface area contributed by atoms with Crippen LogP contribution in [0.2, 0.25) is 0 Å². The Kier molecular flexibility index (Phi) is 11.7. The third kappa shape index (κ3) is 9.29. The molecule has 0 aliphatic carbocycles. The summed E-state index contributed by atoms with van der Waals surface area (Å²) in [6.45, 7) is 13.7.